The summed E-state index contributed by atoms with van der Waals surface area (Å²) in [5, 5.41) is 11.3. The number of hydrogen-bond acceptors (Lipinski definition) is 5. The molecule has 0 spiro atoms. The standard InChI is InChI=1S/C13H19N5O/c1-9(2)6-14-7-10-8-15-13(16-10)11-4-5-12(19-3)18-17-11/h4-5,8-9,14H,6-7H2,1-3H3,(H,15,16). The Morgan fingerprint density at radius 2 is 2.16 bits per heavy atom. The van der Waals surface area contributed by atoms with Crippen LogP contribution >= 0.6 is 0 Å². The Bertz CT molecular complexity index is 506. The number of hydrogen-bond donors (Lipinski definition) is 2. The SMILES string of the molecule is COc1ccc(-c2ncc(CNCC(C)C)[nH]2)nn1. The van der Waals surface area contributed by atoms with Gasteiger partial charge in [0.1, 0.15) is 5.69 Å². The van der Waals surface area contributed by atoms with Crippen LogP contribution in [0.15, 0.2) is 18.3 Å². The van der Waals surface area contributed by atoms with Crippen molar-refractivity contribution >= 4 is 0 Å². The maximum absolute atomic E-state index is 4.97. The Morgan fingerprint density at radius 3 is 2.79 bits per heavy atom. The molecular weight excluding hydrogens is 242 g/mol. The van der Waals surface area contributed by atoms with Crippen molar-refractivity contribution in [3.63, 3.8) is 0 Å². The second kappa shape index (κ2) is 6.29. The lowest BCUT2D eigenvalue weighted by Gasteiger charge is -2.05. The maximum Gasteiger partial charge on any atom is 0.233 e. The molecule has 0 unspecified atom stereocenters. The van der Waals surface area contributed by atoms with E-state index in [1.54, 1.807) is 13.2 Å². The molecule has 0 aliphatic rings. The van der Waals surface area contributed by atoms with Crippen LogP contribution in [0.1, 0.15) is 19.5 Å². The molecule has 0 aromatic carbocycles. The predicted molar refractivity (Wildman–Crippen MR) is 72.7 cm³/mol. The molecule has 0 amide bonds. The quantitative estimate of drug-likeness (QED) is 0.826. The zero-order valence-corrected chi connectivity index (χ0v) is 11.5. The molecule has 6 nitrogen and oxygen atoms in total. The van der Waals surface area contributed by atoms with E-state index in [2.05, 4.69) is 39.3 Å². The molecule has 0 saturated heterocycles. The van der Waals surface area contributed by atoms with E-state index in [-0.39, 0.29) is 0 Å². The van der Waals surface area contributed by atoms with Gasteiger partial charge in [-0.3, -0.25) is 0 Å². The molecule has 0 aliphatic carbocycles. The van der Waals surface area contributed by atoms with Crippen molar-refractivity contribution in [3.05, 3.63) is 24.0 Å². The van der Waals surface area contributed by atoms with E-state index in [1.807, 2.05) is 12.3 Å². The highest BCUT2D eigenvalue weighted by atomic mass is 16.5. The zero-order valence-electron chi connectivity index (χ0n) is 11.5. The van der Waals surface area contributed by atoms with E-state index in [0.717, 1.165) is 24.6 Å². The molecule has 2 aromatic rings. The number of H-pyrrole nitrogens is 1. The number of aromatic amines is 1. The molecule has 0 radical (unpaired) electrons. The number of imidazole rings is 1. The Morgan fingerprint density at radius 1 is 1.32 bits per heavy atom. The first-order valence-electron chi connectivity index (χ1n) is 6.31. The van der Waals surface area contributed by atoms with Crippen LogP contribution in [0.4, 0.5) is 0 Å². The molecule has 2 N–H and O–H groups in total. The molecule has 0 saturated carbocycles. The van der Waals surface area contributed by atoms with E-state index in [9.17, 15) is 0 Å². The van der Waals surface area contributed by atoms with Crippen molar-refractivity contribution in [2.24, 2.45) is 5.92 Å². The normalized spacial score (nSPS) is 10.9. The minimum Gasteiger partial charge on any atom is -0.480 e. The Labute approximate surface area is 112 Å². The third-order valence-electron chi connectivity index (χ3n) is 2.59. The van der Waals surface area contributed by atoms with Gasteiger partial charge >= 0.3 is 0 Å². The van der Waals surface area contributed by atoms with E-state index >= 15 is 0 Å². The van der Waals surface area contributed by atoms with Crippen LogP contribution in [0.2, 0.25) is 0 Å². The largest absolute Gasteiger partial charge is 0.480 e. The Hall–Kier alpha value is -1.95. The van der Waals surface area contributed by atoms with Crippen molar-refractivity contribution in [3.8, 4) is 17.4 Å². The van der Waals surface area contributed by atoms with Crippen molar-refractivity contribution in [1.29, 1.82) is 0 Å². The lowest BCUT2D eigenvalue weighted by atomic mass is 10.2. The highest BCUT2D eigenvalue weighted by molar-refractivity contribution is 5.48. The van der Waals surface area contributed by atoms with Gasteiger partial charge in [-0.25, -0.2) is 4.98 Å². The molecule has 0 bridgehead atoms. The lowest BCUT2D eigenvalue weighted by Crippen LogP contribution is -2.19. The summed E-state index contributed by atoms with van der Waals surface area (Å²) in [4.78, 5) is 7.52. The van der Waals surface area contributed by atoms with Crippen LogP contribution in [0.25, 0.3) is 11.5 Å². The average molecular weight is 261 g/mol. The molecule has 2 aromatic heterocycles. The minimum absolute atomic E-state index is 0.495. The highest BCUT2D eigenvalue weighted by Crippen LogP contribution is 2.14. The molecule has 102 valence electrons. The fourth-order valence-electron chi connectivity index (χ4n) is 1.63. The number of aromatic nitrogens is 4. The van der Waals surface area contributed by atoms with Gasteiger partial charge in [0.15, 0.2) is 5.82 Å². The fourth-order valence-corrected chi connectivity index (χ4v) is 1.63. The number of methoxy groups -OCH3 is 1. The van der Waals surface area contributed by atoms with E-state index in [0.29, 0.717) is 17.5 Å². The Balaban J connectivity index is 1.99. The average Bonchev–Trinajstić information content (AvgIpc) is 2.87. The van der Waals surface area contributed by atoms with Gasteiger partial charge in [-0.15, -0.1) is 10.2 Å². The molecule has 0 atom stereocenters. The van der Waals surface area contributed by atoms with Gasteiger partial charge in [0, 0.05) is 18.3 Å². The van der Waals surface area contributed by atoms with Crippen LogP contribution < -0.4 is 10.1 Å². The van der Waals surface area contributed by atoms with Gasteiger partial charge in [-0.1, -0.05) is 13.8 Å². The summed E-state index contributed by atoms with van der Waals surface area (Å²) in [7, 11) is 1.56. The van der Waals surface area contributed by atoms with Crippen molar-refractivity contribution in [2.45, 2.75) is 20.4 Å². The molecule has 2 heterocycles. The predicted octanol–water partition coefficient (Wildman–Crippen LogP) is 1.62. The summed E-state index contributed by atoms with van der Waals surface area (Å²) in [6, 6.07) is 3.59. The van der Waals surface area contributed by atoms with Crippen molar-refractivity contribution < 1.29 is 4.74 Å². The molecular formula is C13H19N5O. The Kier molecular flexibility index (Phi) is 4.46. The van der Waals surface area contributed by atoms with Gasteiger partial charge < -0.3 is 15.0 Å². The van der Waals surface area contributed by atoms with E-state index < -0.39 is 0 Å². The second-order valence-corrected chi connectivity index (χ2v) is 4.74. The monoisotopic (exact) mass is 261 g/mol. The molecule has 0 aliphatic heterocycles. The second-order valence-electron chi connectivity index (χ2n) is 4.74. The summed E-state index contributed by atoms with van der Waals surface area (Å²) in [5.74, 6) is 1.85. The van der Waals surface area contributed by atoms with Gasteiger partial charge in [-0.2, -0.15) is 0 Å². The molecule has 19 heavy (non-hydrogen) atoms. The van der Waals surface area contributed by atoms with Gasteiger partial charge in [0.25, 0.3) is 0 Å². The fraction of sp³-hybridized carbons (Fsp3) is 0.462. The summed E-state index contributed by atoms with van der Waals surface area (Å²) in [6.45, 7) is 6.11. The molecule has 0 fully saturated rings. The summed E-state index contributed by atoms with van der Waals surface area (Å²) in [5.41, 5.74) is 1.74. The van der Waals surface area contributed by atoms with Crippen LogP contribution in [0.3, 0.4) is 0 Å². The first-order valence-corrected chi connectivity index (χ1v) is 6.31. The van der Waals surface area contributed by atoms with E-state index in [4.69, 9.17) is 4.74 Å². The van der Waals surface area contributed by atoms with Crippen LogP contribution in [-0.4, -0.2) is 33.8 Å². The molecule has 6 heteroatoms. The number of nitrogens with one attached hydrogen (secondary N) is 2. The topological polar surface area (TPSA) is 75.7 Å². The smallest absolute Gasteiger partial charge is 0.233 e. The van der Waals surface area contributed by atoms with Crippen LogP contribution in [0.5, 0.6) is 5.88 Å². The van der Waals surface area contributed by atoms with Crippen LogP contribution in [-0.2, 0) is 6.54 Å². The number of nitrogens with zero attached hydrogens (tertiary/aromatic N) is 3. The third kappa shape index (κ3) is 3.75. The minimum atomic E-state index is 0.495. The van der Waals surface area contributed by atoms with Crippen molar-refractivity contribution in [2.75, 3.05) is 13.7 Å². The third-order valence-corrected chi connectivity index (χ3v) is 2.59. The lowest BCUT2D eigenvalue weighted by molar-refractivity contribution is 0.392. The zero-order chi connectivity index (χ0) is 13.7. The number of ether oxygens (including phenoxy) is 1. The first-order chi connectivity index (χ1) is 9.19. The van der Waals surface area contributed by atoms with Crippen molar-refractivity contribution in [1.82, 2.24) is 25.5 Å². The highest BCUT2D eigenvalue weighted by Gasteiger charge is 2.06. The maximum atomic E-state index is 4.97. The van der Waals surface area contributed by atoms with Crippen LogP contribution in [0, 0.1) is 5.92 Å². The summed E-state index contributed by atoms with van der Waals surface area (Å²) >= 11 is 0. The summed E-state index contributed by atoms with van der Waals surface area (Å²) in [6.07, 6.45) is 1.81. The van der Waals surface area contributed by atoms with Gasteiger partial charge in [0.2, 0.25) is 5.88 Å². The summed E-state index contributed by atoms with van der Waals surface area (Å²) < 4.78 is 4.97. The van der Waals surface area contributed by atoms with Gasteiger partial charge in [0.05, 0.1) is 13.3 Å². The molecule has 2 rings (SSSR count). The number of rotatable bonds is 6. The van der Waals surface area contributed by atoms with E-state index in [1.165, 1.54) is 0 Å². The van der Waals surface area contributed by atoms with Gasteiger partial charge in [-0.05, 0) is 18.5 Å². The first kappa shape index (κ1) is 13.5.